The Bertz CT molecular complexity index is 1580. The predicted octanol–water partition coefficient (Wildman–Crippen LogP) is 3.83. The molecule has 0 radical (unpaired) electrons. The number of carbonyl (C=O) groups is 4. The summed E-state index contributed by atoms with van der Waals surface area (Å²) in [4.78, 5) is 52.4. The first-order chi connectivity index (χ1) is 17.8. The van der Waals surface area contributed by atoms with E-state index in [0.29, 0.717) is 17.0 Å². The molecule has 0 atom stereocenters. The lowest BCUT2D eigenvalue weighted by atomic mass is 10.0. The van der Waals surface area contributed by atoms with Crippen LogP contribution in [0.1, 0.15) is 22.5 Å². The van der Waals surface area contributed by atoms with Crippen molar-refractivity contribution in [1.29, 1.82) is 0 Å². The van der Waals surface area contributed by atoms with E-state index < -0.39 is 17.8 Å². The van der Waals surface area contributed by atoms with E-state index in [-0.39, 0.29) is 24.6 Å². The molecule has 3 heterocycles. The molecule has 9 nitrogen and oxygen atoms in total. The van der Waals surface area contributed by atoms with Crippen LogP contribution in [0.15, 0.2) is 77.0 Å². The SMILES string of the molecule is Cc1cccc(N2C(=O)NC(=O)C(=Cc3cn(CC(=O)NCc4ccco4)c4ccccc34)C2=O)c1C. The number of hydrogen-bond acceptors (Lipinski definition) is 5. The highest BCUT2D eigenvalue weighted by Crippen LogP contribution is 2.29. The van der Waals surface area contributed by atoms with Crippen molar-refractivity contribution in [3.63, 3.8) is 0 Å². The third-order valence-electron chi connectivity index (χ3n) is 6.39. The molecule has 9 heteroatoms. The molecule has 1 aliphatic rings. The lowest BCUT2D eigenvalue weighted by Crippen LogP contribution is -2.54. The molecule has 1 fully saturated rings. The standard InChI is InChI=1S/C28H24N4O5/c1-17-7-5-11-23(18(17)2)32-27(35)22(26(34)30-28(32)36)13-19-15-31(24-10-4-3-9-21(19)24)16-25(33)29-14-20-8-6-12-37-20/h3-13,15H,14,16H2,1-2H3,(H,29,33)(H,30,34,36). The molecule has 186 valence electrons. The van der Waals surface area contributed by atoms with Crippen molar-refractivity contribution in [2.24, 2.45) is 0 Å². The van der Waals surface area contributed by atoms with E-state index in [9.17, 15) is 19.2 Å². The summed E-state index contributed by atoms with van der Waals surface area (Å²) in [5.41, 5.74) is 3.24. The molecule has 1 saturated heterocycles. The quantitative estimate of drug-likeness (QED) is 0.311. The van der Waals surface area contributed by atoms with Gasteiger partial charge in [0.2, 0.25) is 5.91 Å². The average Bonchev–Trinajstić information content (AvgIpc) is 3.51. The summed E-state index contributed by atoms with van der Waals surface area (Å²) < 4.78 is 7.00. The number of urea groups is 1. The summed E-state index contributed by atoms with van der Waals surface area (Å²) in [6.07, 6.45) is 4.71. The molecule has 2 aromatic heterocycles. The minimum absolute atomic E-state index is 0.0254. The van der Waals surface area contributed by atoms with Crippen LogP contribution in [0, 0.1) is 13.8 Å². The van der Waals surface area contributed by atoms with Crippen LogP contribution < -0.4 is 15.5 Å². The average molecular weight is 497 g/mol. The Morgan fingerprint density at radius 2 is 1.84 bits per heavy atom. The molecule has 0 bridgehead atoms. The van der Waals surface area contributed by atoms with Gasteiger partial charge >= 0.3 is 6.03 Å². The van der Waals surface area contributed by atoms with E-state index in [4.69, 9.17) is 4.42 Å². The van der Waals surface area contributed by atoms with E-state index in [2.05, 4.69) is 10.6 Å². The molecular weight excluding hydrogens is 472 g/mol. The van der Waals surface area contributed by atoms with Crippen LogP contribution in [-0.4, -0.2) is 28.3 Å². The number of hydrogen-bond donors (Lipinski definition) is 2. The van der Waals surface area contributed by atoms with Gasteiger partial charge in [0.05, 0.1) is 18.5 Å². The molecule has 1 aliphatic heterocycles. The number of anilines is 1. The molecule has 4 aromatic rings. The number of benzene rings is 2. The van der Waals surface area contributed by atoms with Crippen LogP contribution >= 0.6 is 0 Å². The fourth-order valence-electron chi connectivity index (χ4n) is 4.34. The number of rotatable bonds is 6. The van der Waals surface area contributed by atoms with Gasteiger partial charge in [-0.05, 0) is 55.3 Å². The summed E-state index contributed by atoms with van der Waals surface area (Å²) in [7, 11) is 0. The number of imide groups is 2. The second-order valence-corrected chi connectivity index (χ2v) is 8.76. The van der Waals surface area contributed by atoms with E-state index in [0.717, 1.165) is 26.9 Å². The molecule has 0 saturated carbocycles. The number of carbonyl (C=O) groups excluding carboxylic acids is 4. The van der Waals surface area contributed by atoms with Crippen LogP contribution in [0.2, 0.25) is 0 Å². The highest BCUT2D eigenvalue weighted by Gasteiger charge is 2.37. The van der Waals surface area contributed by atoms with Gasteiger partial charge in [-0.15, -0.1) is 0 Å². The Balaban J connectivity index is 1.48. The number of para-hydroxylation sites is 1. The first-order valence-electron chi connectivity index (χ1n) is 11.7. The fourth-order valence-corrected chi connectivity index (χ4v) is 4.34. The zero-order chi connectivity index (χ0) is 26.1. The summed E-state index contributed by atoms with van der Waals surface area (Å²) in [6, 6.07) is 15.4. The number of fused-ring (bicyclic) bond motifs is 1. The lowest BCUT2D eigenvalue weighted by Gasteiger charge is -2.28. The normalized spacial score (nSPS) is 14.9. The number of barbiturate groups is 1. The smallest absolute Gasteiger partial charge is 0.335 e. The highest BCUT2D eigenvalue weighted by atomic mass is 16.3. The number of aryl methyl sites for hydroxylation is 1. The van der Waals surface area contributed by atoms with Gasteiger partial charge < -0.3 is 14.3 Å². The third-order valence-corrected chi connectivity index (χ3v) is 6.39. The molecule has 37 heavy (non-hydrogen) atoms. The van der Waals surface area contributed by atoms with Gasteiger partial charge in [0.25, 0.3) is 11.8 Å². The van der Waals surface area contributed by atoms with Crippen LogP contribution in [0.4, 0.5) is 10.5 Å². The van der Waals surface area contributed by atoms with E-state index >= 15 is 0 Å². The first-order valence-corrected chi connectivity index (χ1v) is 11.7. The maximum Gasteiger partial charge on any atom is 0.335 e. The van der Waals surface area contributed by atoms with Crippen molar-refractivity contribution >= 4 is 46.4 Å². The Morgan fingerprint density at radius 1 is 1.03 bits per heavy atom. The van der Waals surface area contributed by atoms with Gasteiger partial charge in [0.1, 0.15) is 17.9 Å². The largest absolute Gasteiger partial charge is 0.467 e. The van der Waals surface area contributed by atoms with Gasteiger partial charge in [-0.25, -0.2) is 9.69 Å². The highest BCUT2D eigenvalue weighted by molar-refractivity contribution is 6.39. The Morgan fingerprint density at radius 3 is 2.62 bits per heavy atom. The van der Waals surface area contributed by atoms with Gasteiger partial charge in [0.15, 0.2) is 0 Å². The van der Waals surface area contributed by atoms with Gasteiger partial charge in [-0.2, -0.15) is 0 Å². The predicted molar refractivity (Wildman–Crippen MR) is 137 cm³/mol. The molecule has 0 aliphatic carbocycles. The van der Waals surface area contributed by atoms with Crippen LogP contribution in [0.5, 0.6) is 0 Å². The summed E-state index contributed by atoms with van der Waals surface area (Å²) in [5, 5.41) is 5.84. The monoisotopic (exact) mass is 496 g/mol. The van der Waals surface area contributed by atoms with Crippen molar-refractivity contribution in [3.8, 4) is 0 Å². The Kier molecular flexibility index (Phi) is 6.19. The van der Waals surface area contributed by atoms with Crippen molar-refractivity contribution in [2.75, 3.05) is 4.90 Å². The van der Waals surface area contributed by atoms with Gasteiger partial charge in [-0.3, -0.25) is 19.7 Å². The molecule has 2 aromatic carbocycles. The second-order valence-electron chi connectivity index (χ2n) is 8.76. The number of amides is 5. The molecule has 5 amide bonds. The maximum absolute atomic E-state index is 13.4. The number of aromatic nitrogens is 1. The van der Waals surface area contributed by atoms with Crippen molar-refractivity contribution in [1.82, 2.24) is 15.2 Å². The Labute approximate surface area is 212 Å². The molecule has 0 spiro atoms. The molecule has 2 N–H and O–H groups in total. The fraction of sp³-hybridized carbons (Fsp3) is 0.143. The van der Waals surface area contributed by atoms with Crippen molar-refractivity contribution < 1.29 is 23.6 Å². The van der Waals surface area contributed by atoms with Gasteiger partial charge in [0, 0.05) is 22.7 Å². The zero-order valence-electron chi connectivity index (χ0n) is 20.3. The van der Waals surface area contributed by atoms with Crippen molar-refractivity contribution in [3.05, 3.63) is 95.1 Å². The van der Waals surface area contributed by atoms with Crippen LogP contribution in [0.3, 0.4) is 0 Å². The molecule has 0 unspecified atom stereocenters. The van der Waals surface area contributed by atoms with E-state index in [1.54, 1.807) is 41.3 Å². The van der Waals surface area contributed by atoms with Crippen LogP contribution in [-0.2, 0) is 27.5 Å². The number of nitrogens with zero attached hydrogens (tertiary/aromatic N) is 2. The van der Waals surface area contributed by atoms with Crippen LogP contribution in [0.25, 0.3) is 17.0 Å². The summed E-state index contributed by atoms with van der Waals surface area (Å²) in [6.45, 7) is 3.98. The van der Waals surface area contributed by atoms with E-state index in [1.165, 1.54) is 6.08 Å². The maximum atomic E-state index is 13.4. The third kappa shape index (κ3) is 4.54. The minimum atomic E-state index is -0.795. The Hall–Kier alpha value is -4.92. The minimum Gasteiger partial charge on any atom is -0.467 e. The first kappa shape index (κ1) is 23.8. The molecule has 5 rings (SSSR count). The molecular formula is C28H24N4O5. The topological polar surface area (TPSA) is 114 Å². The summed E-state index contributed by atoms with van der Waals surface area (Å²) in [5.74, 6) is -1.07. The number of furan rings is 1. The van der Waals surface area contributed by atoms with E-state index in [1.807, 2.05) is 44.2 Å². The number of nitrogens with one attached hydrogen (secondary N) is 2. The second kappa shape index (κ2) is 9.62. The summed E-state index contributed by atoms with van der Waals surface area (Å²) >= 11 is 0. The lowest BCUT2D eigenvalue weighted by molar-refractivity contribution is -0.123. The zero-order valence-corrected chi connectivity index (χ0v) is 20.3. The van der Waals surface area contributed by atoms with Gasteiger partial charge in [-0.1, -0.05) is 30.3 Å². The van der Waals surface area contributed by atoms with Crippen molar-refractivity contribution in [2.45, 2.75) is 26.9 Å².